The van der Waals surface area contributed by atoms with Gasteiger partial charge < -0.3 is 15.0 Å². The minimum atomic E-state index is -3.37. The van der Waals surface area contributed by atoms with E-state index in [1.54, 1.807) is 13.0 Å². The maximum Gasteiger partial charge on any atom is 0.278 e. The summed E-state index contributed by atoms with van der Waals surface area (Å²) in [4.78, 5) is 15.7. The van der Waals surface area contributed by atoms with Crippen molar-refractivity contribution in [2.45, 2.75) is 70.4 Å². The van der Waals surface area contributed by atoms with Crippen LogP contribution in [0.5, 0.6) is 5.88 Å². The van der Waals surface area contributed by atoms with Crippen molar-refractivity contribution in [1.29, 1.82) is 0 Å². The number of nitrogens with one attached hydrogen (secondary N) is 1. The third-order valence-electron chi connectivity index (χ3n) is 8.90. The Bertz CT molecular complexity index is 1670. The van der Waals surface area contributed by atoms with E-state index in [0.29, 0.717) is 54.2 Å². The van der Waals surface area contributed by atoms with E-state index in [0.717, 1.165) is 6.07 Å². The van der Waals surface area contributed by atoms with E-state index in [-0.39, 0.29) is 47.7 Å². The Balaban J connectivity index is 1.48. The molecule has 2 saturated heterocycles. The van der Waals surface area contributed by atoms with Crippen LogP contribution in [-0.4, -0.2) is 66.0 Å². The lowest BCUT2D eigenvalue weighted by Crippen LogP contribution is -2.42. The number of methoxy groups -OCH3 is 1. The Kier molecular flexibility index (Phi) is 9.10. The van der Waals surface area contributed by atoms with Crippen LogP contribution in [-0.2, 0) is 15.8 Å². The Morgan fingerprint density at radius 2 is 1.80 bits per heavy atom. The highest BCUT2D eigenvalue weighted by atomic mass is 32.2. The van der Waals surface area contributed by atoms with Gasteiger partial charge in [0.15, 0.2) is 5.65 Å². The average molecular weight is 630 g/mol. The van der Waals surface area contributed by atoms with Gasteiger partial charge in [-0.05, 0) is 71.5 Å². The van der Waals surface area contributed by atoms with E-state index >= 15 is 13.2 Å². The van der Waals surface area contributed by atoms with Crippen molar-refractivity contribution >= 4 is 26.7 Å². The van der Waals surface area contributed by atoms with Crippen molar-refractivity contribution in [3.63, 3.8) is 0 Å². The number of alkyl halides is 2. The van der Waals surface area contributed by atoms with Gasteiger partial charge in [0.1, 0.15) is 33.3 Å². The number of likely N-dealkylation sites (tertiary alicyclic amines) is 1. The topological polar surface area (TPSA) is 97.3 Å². The highest BCUT2D eigenvalue weighted by Gasteiger charge is 2.45. The van der Waals surface area contributed by atoms with Gasteiger partial charge in [0.25, 0.3) is 5.92 Å². The van der Waals surface area contributed by atoms with Crippen LogP contribution in [0.2, 0.25) is 0 Å². The van der Waals surface area contributed by atoms with Gasteiger partial charge in [0.05, 0.1) is 29.6 Å². The third kappa shape index (κ3) is 6.35. The zero-order valence-corrected chi connectivity index (χ0v) is 26.2. The molecule has 0 radical (unpaired) electrons. The zero-order valence-electron chi connectivity index (χ0n) is 25.4. The van der Waals surface area contributed by atoms with E-state index in [4.69, 9.17) is 11.2 Å². The number of halogens is 3. The SMILES string of the molecule is C#C[C@@H](Nc1nc(C)nc2nc(OC)c(C3CCS(=O)(=O)CC3)cc12)c1cccc(C(F)(F)C2CCN(C(C)C)CC2)c1F. The summed E-state index contributed by atoms with van der Waals surface area (Å²) in [5, 5.41) is 3.54. The number of anilines is 1. The number of benzene rings is 1. The van der Waals surface area contributed by atoms with E-state index in [1.165, 1.54) is 19.2 Å². The molecule has 8 nitrogen and oxygen atoms in total. The fourth-order valence-corrected chi connectivity index (χ4v) is 7.80. The molecule has 0 saturated carbocycles. The summed E-state index contributed by atoms with van der Waals surface area (Å²) >= 11 is 0. The predicted octanol–water partition coefficient (Wildman–Crippen LogP) is 5.77. The maximum atomic E-state index is 16.0. The van der Waals surface area contributed by atoms with Crippen LogP contribution in [0.4, 0.5) is 19.0 Å². The molecule has 12 heteroatoms. The van der Waals surface area contributed by atoms with Crippen LogP contribution in [0.3, 0.4) is 0 Å². The summed E-state index contributed by atoms with van der Waals surface area (Å²) in [7, 11) is -1.61. The molecule has 3 aromatic rings. The lowest BCUT2D eigenvalue weighted by molar-refractivity contribution is -0.0900. The number of hydrogen-bond donors (Lipinski definition) is 1. The summed E-state index contributed by atoms with van der Waals surface area (Å²) in [6.45, 7) is 6.80. The molecule has 0 aliphatic carbocycles. The summed E-state index contributed by atoms with van der Waals surface area (Å²) in [6.07, 6.45) is 7.22. The second-order valence-corrected chi connectivity index (χ2v) is 14.3. The second kappa shape index (κ2) is 12.5. The largest absolute Gasteiger partial charge is 0.481 e. The van der Waals surface area contributed by atoms with Crippen LogP contribution >= 0.6 is 0 Å². The molecule has 4 heterocycles. The lowest BCUT2D eigenvalue weighted by Gasteiger charge is -2.38. The first-order valence-electron chi connectivity index (χ1n) is 14.9. The molecule has 1 aromatic carbocycles. The van der Waals surface area contributed by atoms with Gasteiger partial charge in [-0.1, -0.05) is 24.1 Å². The molecule has 5 rings (SSSR count). The van der Waals surface area contributed by atoms with Gasteiger partial charge in [0, 0.05) is 23.1 Å². The molecule has 44 heavy (non-hydrogen) atoms. The number of sulfone groups is 1. The van der Waals surface area contributed by atoms with Crippen molar-refractivity contribution in [3.8, 4) is 18.2 Å². The van der Waals surface area contributed by atoms with E-state index < -0.39 is 39.1 Å². The van der Waals surface area contributed by atoms with Crippen molar-refractivity contribution < 1.29 is 26.3 Å². The molecule has 0 bridgehead atoms. The van der Waals surface area contributed by atoms with Crippen LogP contribution in [0.25, 0.3) is 11.0 Å². The van der Waals surface area contributed by atoms with Gasteiger partial charge in [-0.15, -0.1) is 6.42 Å². The van der Waals surface area contributed by atoms with E-state index in [1.807, 2.05) is 13.8 Å². The fraction of sp³-hybridized carbons (Fsp3) is 0.531. The third-order valence-corrected chi connectivity index (χ3v) is 10.6. The molecule has 2 aromatic heterocycles. The van der Waals surface area contributed by atoms with Crippen LogP contribution in [0.15, 0.2) is 24.3 Å². The number of pyridine rings is 1. The molecular formula is C32H38F3N5O3S. The Morgan fingerprint density at radius 3 is 2.41 bits per heavy atom. The van der Waals surface area contributed by atoms with E-state index in [2.05, 4.69) is 31.1 Å². The van der Waals surface area contributed by atoms with Gasteiger partial charge in [-0.3, -0.25) is 0 Å². The Morgan fingerprint density at radius 1 is 1.11 bits per heavy atom. The average Bonchev–Trinajstić information content (AvgIpc) is 2.99. The summed E-state index contributed by atoms with van der Waals surface area (Å²) in [5.41, 5.74) is 0.255. The quantitative estimate of drug-likeness (QED) is 0.314. The van der Waals surface area contributed by atoms with Crippen LogP contribution < -0.4 is 10.1 Å². The summed E-state index contributed by atoms with van der Waals surface area (Å²) < 4.78 is 77.2. The normalized spacial score (nSPS) is 19.2. The van der Waals surface area contributed by atoms with Gasteiger partial charge in [-0.2, -0.15) is 4.98 Å². The fourth-order valence-electron chi connectivity index (χ4n) is 6.30. The molecule has 2 fully saturated rings. The number of fused-ring (bicyclic) bond motifs is 1. The number of nitrogens with zero attached hydrogens (tertiary/aromatic N) is 4. The Hall–Kier alpha value is -3.43. The second-order valence-electron chi connectivity index (χ2n) is 12.0. The van der Waals surface area contributed by atoms with Gasteiger partial charge in [0.2, 0.25) is 5.88 Å². The maximum absolute atomic E-state index is 16.0. The number of rotatable bonds is 8. The molecule has 1 atom stereocenters. The minimum Gasteiger partial charge on any atom is -0.481 e. The number of aryl methyl sites for hydroxylation is 1. The Labute approximate surface area is 256 Å². The van der Waals surface area contributed by atoms with E-state index in [9.17, 15) is 8.42 Å². The molecule has 1 N–H and O–H groups in total. The standard InChI is InChI=1S/C32H38F3N5O3S/c1-6-27(23-8-7-9-26(28(23)33)32(34,35)22-10-14-40(15-11-22)19(2)3)38-29-25-18-24(21-12-16-44(41,42)17-13-21)31(43-5)39-30(25)37-20(4)36-29/h1,7-9,18-19,21-22,27H,10-17H2,2-5H3,(H,36,37,38,39)/t27-/m1/s1. The summed E-state index contributed by atoms with van der Waals surface area (Å²) in [5.74, 6) is -1.95. The number of hydrogen-bond acceptors (Lipinski definition) is 8. The van der Waals surface area contributed by atoms with Crippen molar-refractivity contribution in [2.24, 2.45) is 5.92 Å². The van der Waals surface area contributed by atoms with Crippen molar-refractivity contribution in [3.05, 3.63) is 52.6 Å². The first-order valence-corrected chi connectivity index (χ1v) is 16.7. The number of piperidine rings is 1. The summed E-state index contributed by atoms with van der Waals surface area (Å²) in [6, 6.07) is 4.87. The molecular weight excluding hydrogens is 591 g/mol. The molecule has 0 spiro atoms. The molecule has 2 aliphatic heterocycles. The number of terminal acetylenes is 1. The molecule has 0 amide bonds. The smallest absolute Gasteiger partial charge is 0.278 e. The number of ether oxygens (including phenoxy) is 1. The predicted molar refractivity (Wildman–Crippen MR) is 164 cm³/mol. The zero-order chi connectivity index (χ0) is 31.8. The monoisotopic (exact) mass is 629 g/mol. The van der Waals surface area contributed by atoms with Crippen LogP contribution in [0.1, 0.15) is 74.0 Å². The first kappa shape index (κ1) is 32.0. The minimum absolute atomic E-state index is 0.0601. The van der Waals surface area contributed by atoms with Gasteiger partial charge in [-0.25, -0.2) is 31.6 Å². The molecule has 0 unspecified atom stereocenters. The molecule has 2 aliphatic rings. The number of aromatic nitrogens is 3. The highest BCUT2D eigenvalue weighted by Crippen LogP contribution is 2.44. The van der Waals surface area contributed by atoms with Gasteiger partial charge >= 0.3 is 0 Å². The first-order chi connectivity index (χ1) is 20.8. The van der Waals surface area contributed by atoms with Crippen molar-refractivity contribution in [2.75, 3.05) is 37.0 Å². The van der Waals surface area contributed by atoms with Crippen molar-refractivity contribution in [1.82, 2.24) is 19.9 Å². The lowest BCUT2D eigenvalue weighted by atomic mass is 9.85. The van der Waals surface area contributed by atoms with Crippen LogP contribution in [0, 0.1) is 31.0 Å². The molecule has 236 valence electrons. The highest BCUT2D eigenvalue weighted by molar-refractivity contribution is 7.91.